The summed E-state index contributed by atoms with van der Waals surface area (Å²) in [6, 6.07) is 7.94. The smallest absolute Gasteiger partial charge is 0.382 e. The molecular formula is C10H11NO5. The molecule has 1 N–H and O–H groups in total. The van der Waals surface area contributed by atoms with Crippen molar-refractivity contribution in [1.29, 1.82) is 0 Å². The fourth-order valence-electron chi connectivity index (χ4n) is 1.13. The zero-order valence-electron chi connectivity index (χ0n) is 8.41. The molecule has 0 heterocycles. The number of carbonyl (C=O) groups is 1. The van der Waals surface area contributed by atoms with E-state index >= 15 is 0 Å². The van der Waals surface area contributed by atoms with Crippen LogP contribution >= 0.6 is 0 Å². The Bertz CT molecular complexity index is 365. The lowest BCUT2D eigenvalue weighted by Gasteiger charge is -2.09. The Morgan fingerprint density at radius 3 is 2.56 bits per heavy atom. The van der Waals surface area contributed by atoms with Crippen molar-refractivity contribution in [3.05, 3.63) is 46.0 Å². The standard InChI is InChI=1S/C10H11NO5/c12-7-6-9(13)16-10(11(14)15)8-4-2-1-3-5-8/h1-5,10,12H,6-7H2. The van der Waals surface area contributed by atoms with Gasteiger partial charge < -0.3 is 9.84 Å². The fraction of sp³-hybridized carbons (Fsp3) is 0.300. The Labute approximate surface area is 91.6 Å². The maximum Gasteiger partial charge on any atom is 0.382 e. The largest absolute Gasteiger partial charge is 0.396 e. The Morgan fingerprint density at radius 2 is 2.06 bits per heavy atom. The molecule has 0 spiro atoms. The highest BCUT2D eigenvalue weighted by Gasteiger charge is 2.26. The summed E-state index contributed by atoms with van der Waals surface area (Å²) in [7, 11) is 0. The number of ether oxygens (including phenoxy) is 1. The summed E-state index contributed by atoms with van der Waals surface area (Å²) in [5.74, 6) is -0.798. The normalized spacial score (nSPS) is 11.8. The van der Waals surface area contributed by atoms with Crippen molar-refractivity contribution in [2.24, 2.45) is 0 Å². The van der Waals surface area contributed by atoms with Gasteiger partial charge in [-0.15, -0.1) is 0 Å². The van der Waals surface area contributed by atoms with Gasteiger partial charge in [0.05, 0.1) is 23.5 Å². The van der Waals surface area contributed by atoms with Crippen LogP contribution in [0, 0.1) is 10.1 Å². The molecule has 86 valence electrons. The molecule has 1 unspecified atom stereocenters. The SMILES string of the molecule is O=C(CCO)OC(c1ccccc1)[N+](=O)[O-]. The average molecular weight is 225 g/mol. The lowest BCUT2D eigenvalue weighted by Crippen LogP contribution is -2.19. The Kier molecular flexibility index (Phi) is 4.41. The number of carbonyl (C=O) groups excluding carboxylic acids is 1. The molecule has 0 saturated heterocycles. The number of aliphatic hydroxyl groups is 1. The van der Waals surface area contributed by atoms with E-state index in [4.69, 9.17) is 5.11 Å². The molecule has 0 amide bonds. The highest BCUT2D eigenvalue weighted by molar-refractivity contribution is 5.69. The number of hydrogen-bond donors (Lipinski definition) is 1. The second-order valence-corrected chi connectivity index (χ2v) is 3.01. The van der Waals surface area contributed by atoms with E-state index in [2.05, 4.69) is 4.74 Å². The molecule has 0 fully saturated rings. The van der Waals surface area contributed by atoms with Crippen LogP contribution in [0.1, 0.15) is 18.2 Å². The molecule has 0 aromatic heterocycles. The van der Waals surface area contributed by atoms with Gasteiger partial charge in [-0.05, 0) is 12.1 Å². The summed E-state index contributed by atoms with van der Waals surface area (Å²) in [6.45, 7) is -0.391. The second-order valence-electron chi connectivity index (χ2n) is 3.01. The van der Waals surface area contributed by atoms with Crippen molar-refractivity contribution in [1.82, 2.24) is 0 Å². The number of rotatable bonds is 5. The molecule has 6 heteroatoms. The van der Waals surface area contributed by atoms with Crippen LogP contribution in [0.2, 0.25) is 0 Å². The van der Waals surface area contributed by atoms with Crippen LogP contribution in [0.4, 0.5) is 0 Å². The number of esters is 1. The van der Waals surface area contributed by atoms with E-state index < -0.39 is 23.7 Å². The molecule has 16 heavy (non-hydrogen) atoms. The Hall–Kier alpha value is -1.95. The lowest BCUT2D eigenvalue weighted by atomic mass is 10.2. The first-order valence-electron chi connectivity index (χ1n) is 4.64. The Morgan fingerprint density at radius 1 is 1.44 bits per heavy atom. The van der Waals surface area contributed by atoms with Gasteiger partial charge in [-0.3, -0.25) is 14.9 Å². The molecule has 6 nitrogen and oxygen atoms in total. The monoisotopic (exact) mass is 225 g/mol. The predicted molar refractivity (Wildman–Crippen MR) is 54.0 cm³/mol. The van der Waals surface area contributed by atoms with Crippen molar-refractivity contribution >= 4 is 5.97 Å². The van der Waals surface area contributed by atoms with Gasteiger partial charge in [-0.25, -0.2) is 0 Å². The summed E-state index contributed by atoms with van der Waals surface area (Å²) in [4.78, 5) is 21.1. The van der Waals surface area contributed by atoms with E-state index in [-0.39, 0.29) is 6.42 Å². The molecule has 1 aromatic carbocycles. The quantitative estimate of drug-likeness (QED) is 0.348. The molecule has 1 atom stereocenters. The summed E-state index contributed by atoms with van der Waals surface area (Å²) < 4.78 is 4.64. The first-order chi connectivity index (χ1) is 7.65. The molecule has 0 aliphatic carbocycles. The molecular weight excluding hydrogens is 214 g/mol. The van der Waals surface area contributed by atoms with Crippen molar-refractivity contribution in [3.63, 3.8) is 0 Å². The highest BCUT2D eigenvalue weighted by atomic mass is 16.7. The maximum atomic E-state index is 11.0. The number of nitrogens with zero attached hydrogens (tertiary/aromatic N) is 1. The van der Waals surface area contributed by atoms with Gasteiger partial charge in [-0.1, -0.05) is 18.2 Å². The van der Waals surface area contributed by atoms with E-state index in [1.165, 1.54) is 12.1 Å². The van der Waals surface area contributed by atoms with Gasteiger partial charge in [0.25, 0.3) is 0 Å². The van der Waals surface area contributed by atoms with Crippen LogP contribution in [0.25, 0.3) is 0 Å². The van der Waals surface area contributed by atoms with Gasteiger partial charge in [0.2, 0.25) is 0 Å². The third kappa shape index (κ3) is 3.32. The summed E-state index contributed by atoms with van der Waals surface area (Å²) in [5.41, 5.74) is 0.291. The van der Waals surface area contributed by atoms with Crippen LogP contribution < -0.4 is 0 Å². The molecule has 0 bridgehead atoms. The average Bonchev–Trinajstić information content (AvgIpc) is 2.27. The van der Waals surface area contributed by atoms with Gasteiger partial charge in [0.1, 0.15) is 0 Å². The van der Waals surface area contributed by atoms with E-state index in [0.29, 0.717) is 5.56 Å². The van der Waals surface area contributed by atoms with Gasteiger partial charge in [-0.2, -0.15) is 0 Å². The van der Waals surface area contributed by atoms with Crippen LogP contribution in [0.15, 0.2) is 30.3 Å². The predicted octanol–water partition coefficient (Wildman–Crippen LogP) is 0.887. The fourth-order valence-corrected chi connectivity index (χ4v) is 1.13. The summed E-state index contributed by atoms with van der Waals surface area (Å²) in [5, 5.41) is 19.2. The zero-order chi connectivity index (χ0) is 12.0. The minimum Gasteiger partial charge on any atom is -0.396 e. The maximum absolute atomic E-state index is 11.0. The molecule has 0 radical (unpaired) electrons. The third-order valence-electron chi connectivity index (χ3n) is 1.84. The number of nitro groups is 1. The van der Waals surface area contributed by atoms with Crippen LogP contribution in [-0.4, -0.2) is 22.6 Å². The van der Waals surface area contributed by atoms with Crippen molar-refractivity contribution < 1.29 is 19.6 Å². The molecule has 1 rings (SSSR count). The minimum absolute atomic E-state index is 0.253. The van der Waals surface area contributed by atoms with Crippen LogP contribution in [0.3, 0.4) is 0 Å². The van der Waals surface area contributed by atoms with Crippen molar-refractivity contribution in [2.45, 2.75) is 12.6 Å². The van der Waals surface area contributed by atoms with Crippen molar-refractivity contribution in [3.8, 4) is 0 Å². The van der Waals surface area contributed by atoms with Gasteiger partial charge >= 0.3 is 12.2 Å². The zero-order valence-corrected chi connectivity index (χ0v) is 8.41. The number of hydrogen-bond acceptors (Lipinski definition) is 5. The molecule has 0 aliphatic heterocycles. The summed E-state index contributed by atoms with van der Waals surface area (Å²) >= 11 is 0. The van der Waals surface area contributed by atoms with E-state index in [0.717, 1.165) is 0 Å². The van der Waals surface area contributed by atoms with E-state index in [1.807, 2.05) is 0 Å². The molecule has 1 aromatic rings. The minimum atomic E-state index is -1.51. The van der Waals surface area contributed by atoms with Crippen molar-refractivity contribution in [2.75, 3.05) is 6.61 Å². The Balaban J connectivity index is 2.77. The first kappa shape index (κ1) is 12.1. The lowest BCUT2D eigenvalue weighted by molar-refractivity contribution is -0.576. The van der Waals surface area contributed by atoms with E-state index in [9.17, 15) is 14.9 Å². The molecule has 0 saturated carbocycles. The van der Waals surface area contributed by atoms with Gasteiger partial charge in [0.15, 0.2) is 0 Å². The highest BCUT2D eigenvalue weighted by Crippen LogP contribution is 2.18. The summed E-state index contributed by atoms with van der Waals surface area (Å²) in [6.07, 6.45) is -1.77. The van der Waals surface area contributed by atoms with E-state index in [1.54, 1.807) is 18.2 Å². The molecule has 0 aliphatic rings. The number of benzene rings is 1. The van der Waals surface area contributed by atoms with Crippen LogP contribution in [-0.2, 0) is 9.53 Å². The topological polar surface area (TPSA) is 89.7 Å². The first-order valence-corrected chi connectivity index (χ1v) is 4.64. The number of aliphatic hydroxyl groups excluding tert-OH is 1. The second kappa shape index (κ2) is 5.82. The third-order valence-corrected chi connectivity index (χ3v) is 1.84. The van der Waals surface area contributed by atoms with Gasteiger partial charge in [0, 0.05) is 0 Å². The van der Waals surface area contributed by atoms with Crippen LogP contribution in [0.5, 0.6) is 0 Å².